The van der Waals surface area contributed by atoms with E-state index in [2.05, 4.69) is 5.32 Å². The van der Waals surface area contributed by atoms with Gasteiger partial charge in [-0.15, -0.1) is 0 Å². The van der Waals surface area contributed by atoms with Gasteiger partial charge in [0.25, 0.3) is 5.69 Å². The van der Waals surface area contributed by atoms with Crippen LogP contribution in [-0.2, 0) is 0 Å². The highest BCUT2D eigenvalue weighted by atomic mass is 35.5. The largest absolute Gasteiger partial charge is 0.388 e. The third-order valence-electron chi connectivity index (χ3n) is 3.13. The molecule has 0 unspecified atom stereocenters. The molecule has 1 saturated carbocycles. The second-order valence-corrected chi connectivity index (χ2v) is 4.88. The minimum absolute atomic E-state index is 0.117. The first-order valence-corrected chi connectivity index (χ1v) is 5.89. The van der Waals surface area contributed by atoms with Crippen LogP contribution in [0.15, 0.2) is 12.1 Å². The van der Waals surface area contributed by atoms with Crippen molar-refractivity contribution in [2.75, 3.05) is 11.9 Å². The van der Waals surface area contributed by atoms with Crippen molar-refractivity contribution in [3.63, 3.8) is 0 Å². The van der Waals surface area contributed by atoms with Crippen LogP contribution in [-0.4, -0.2) is 22.2 Å². The number of anilines is 1. The van der Waals surface area contributed by atoms with Gasteiger partial charge in [0.1, 0.15) is 11.5 Å². The second-order valence-electron chi connectivity index (χ2n) is 4.47. The molecule has 1 aromatic rings. The molecule has 0 heterocycles. The Hall–Kier alpha value is -1.40. The van der Waals surface area contributed by atoms with Gasteiger partial charge in [0, 0.05) is 6.54 Å². The molecule has 0 atom stereocenters. The van der Waals surface area contributed by atoms with Crippen molar-refractivity contribution in [2.24, 2.45) is 0 Å². The van der Waals surface area contributed by atoms with Gasteiger partial charge in [-0.3, -0.25) is 10.1 Å². The smallest absolute Gasteiger partial charge is 0.295 e. The summed E-state index contributed by atoms with van der Waals surface area (Å²) in [6, 6.07) is 1.94. The van der Waals surface area contributed by atoms with Crippen LogP contribution in [0.4, 0.5) is 15.8 Å². The molecular weight excluding hydrogens is 263 g/mol. The van der Waals surface area contributed by atoms with Gasteiger partial charge in [-0.2, -0.15) is 0 Å². The van der Waals surface area contributed by atoms with Crippen LogP contribution in [0.2, 0.25) is 5.02 Å². The van der Waals surface area contributed by atoms with E-state index in [0.29, 0.717) is 12.8 Å². The van der Waals surface area contributed by atoms with E-state index in [9.17, 15) is 19.6 Å². The zero-order valence-corrected chi connectivity index (χ0v) is 10.2. The maximum atomic E-state index is 13.2. The molecule has 2 rings (SSSR count). The molecule has 18 heavy (non-hydrogen) atoms. The quantitative estimate of drug-likeness (QED) is 0.654. The standard InChI is InChI=1S/C11H12ClFN2O3/c12-7-4-9(10(15(17)18)5-8(7)13)14-6-11(16)2-1-3-11/h4-5,14,16H,1-3,6H2. The molecule has 0 radical (unpaired) electrons. The van der Waals surface area contributed by atoms with E-state index in [-0.39, 0.29) is 22.9 Å². The lowest BCUT2D eigenvalue weighted by atomic mass is 9.80. The van der Waals surface area contributed by atoms with Crippen molar-refractivity contribution < 1.29 is 14.4 Å². The molecule has 98 valence electrons. The third kappa shape index (κ3) is 2.54. The normalized spacial score (nSPS) is 17.1. The van der Waals surface area contributed by atoms with Gasteiger partial charge < -0.3 is 10.4 Å². The molecule has 0 amide bonds. The topological polar surface area (TPSA) is 75.4 Å². The average Bonchev–Trinajstić information content (AvgIpc) is 2.27. The molecule has 5 nitrogen and oxygen atoms in total. The number of nitrogens with one attached hydrogen (secondary N) is 1. The van der Waals surface area contributed by atoms with Gasteiger partial charge in [0.2, 0.25) is 0 Å². The number of rotatable bonds is 4. The molecule has 1 aliphatic carbocycles. The molecule has 0 aliphatic heterocycles. The monoisotopic (exact) mass is 274 g/mol. The molecular formula is C11H12ClFN2O3. The number of hydrogen-bond donors (Lipinski definition) is 2. The van der Waals surface area contributed by atoms with Crippen LogP contribution in [0.3, 0.4) is 0 Å². The van der Waals surface area contributed by atoms with Crippen molar-refractivity contribution >= 4 is 23.0 Å². The summed E-state index contributed by atoms with van der Waals surface area (Å²) in [4.78, 5) is 10.1. The van der Waals surface area contributed by atoms with E-state index >= 15 is 0 Å². The predicted octanol–water partition coefficient (Wildman–Crippen LogP) is 2.71. The van der Waals surface area contributed by atoms with Gasteiger partial charge >= 0.3 is 0 Å². The number of nitrogens with zero attached hydrogens (tertiary/aromatic N) is 1. The average molecular weight is 275 g/mol. The Bertz CT molecular complexity index is 491. The molecule has 0 saturated heterocycles. The highest BCUT2D eigenvalue weighted by Gasteiger charge is 2.34. The Morgan fingerprint density at radius 2 is 2.22 bits per heavy atom. The fourth-order valence-electron chi connectivity index (χ4n) is 1.85. The minimum atomic E-state index is -0.837. The number of halogens is 2. The molecule has 1 fully saturated rings. The number of hydrogen-bond acceptors (Lipinski definition) is 4. The Balaban J connectivity index is 2.20. The first-order valence-electron chi connectivity index (χ1n) is 5.51. The lowest BCUT2D eigenvalue weighted by Gasteiger charge is -2.36. The fraction of sp³-hybridized carbons (Fsp3) is 0.455. The van der Waals surface area contributed by atoms with Gasteiger partial charge in [-0.1, -0.05) is 11.6 Å². The van der Waals surface area contributed by atoms with Crippen LogP contribution >= 0.6 is 11.6 Å². The van der Waals surface area contributed by atoms with Gasteiger partial charge in [0.05, 0.1) is 21.6 Å². The molecule has 2 N–H and O–H groups in total. The first kappa shape index (κ1) is 13.0. The highest BCUT2D eigenvalue weighted by molar-refractivity contribution is 6.31. The molecule has 1 aliphatic rings. The number of nitro groups is 1. The summed E-state index contributed by atoms with van der Waals surface area (Å²) >= 11 is 5.59. The number of aliphatic hydroxyl groups is 1. The third-order valence-corrected chi connectivity index (χ3v) is 3.42. The summed E-state index contributed by atoms with van der Waals surface area (Å²) in [5, 5.41) is 23.2. The van der Waals surface area contributed by atoms with E-state index in [1.54, 1.807) is 0 Å². The summed E-state index contributed by atoms with van der Waals surface area (Å²) < 4.78 is 13.2. The SMILES string of the molecule is O=[N+]([O-])c1cc(F)c(Cl)cc1NCC1(O)CCC1. The van der Waals surface area contributed by atoms with E-state index in [4.69, 9.17) is 11.6 Å². The predicted molar refractivity (Wildman–Crippen MR) is 65.4 cm³/mol. The molecule has 7 heteroatoms. The summed E-state index contributed by atoms with van der Waals surface area (Å²) in [6.45, 7) is 0.190. The van der Waals surface area contributed by atoms with E-state index in [0.717, 1.165) is 18.6 Å². The van der Waals surface area contributed by atoms with Crippen LogP contribution in [0.1, 0.15) is 19.3 Å². The Morgan fingerprint density at radius 1 is 1.56 bits per heavy atom. The van der Waals surface area contributed by atoms with Crippen molar-refractivity contribution in [1.82, 2.24) is 0 Å². The van der Waals surface area contributed by atoms with Crippen LogP contribution < -0.4 is 5.32 Å². The van der Waals surface area contributed by atoms with E-state index in [1.165, 1.54) is 0 Å². The second kappa shape index (κ2) is 4.70. The lowest BCUT2D eigenvalue weighted by Crippen LogP contribution is -2.43. The molecule has 0 bridgehead atoms. The zero-order valence-electron chi connectivity index (χ0n) is 9.45. The van der Waals surface area contributed by atoms with Crippen LogP contribution in [0.25, 0.3) is 0 Å². The molecule has 0 aromatic heterocycles. The van der Waals surface area contributed by atoms with Crippen LogP contribution in [0, 0.1) is 15.9 Å². The van der Waals surface area contributed by atoms with Gasteiger partial charge in [0.15, 0.2) is 0 Å². The Kier molecular flexibility index (Phi) is 3.41. The fourth-order valence-corrected chi connectivity index (χ4v) is 2.01. The molecule has 1 aromatic carbocycles. The number of benzene rings is 1. The zero-order chi connectivity index (χ0) is 13.3. The summed E-state index contributed by atoms with van der Waals surface area (Å²) in [5.74, 6) is -0.837. The van der Waals surface area contributed by atoms with E-state index in [1.807, 2.05) is 0 Å². The van der Waals surface area contributed by atoms with Crippen molar-refractivity contribution in [3.05, 3.63) is 33.1 Å². The van der Waals surface area contributed by atoms with Crippen molar-refractivity contribution in [2.45, 2.75) is 24.9 Å². The minimum Gasteiger partial charge on any atom is -0.388 e. The lowest BCUT2D eigenvalue weighted by molar-refractivity contribution is -0.384. The summed E-state index contributed by atoms with van der Waals surface area (Å²) in [6.07, 6.45) is 2.25. The number of nitro benzene ring substituents is 1. The van der Waals surface area contributed by atoms with E-state index < -0.39 is 16.3 Å². The summed E-state index contributed by atoms with van der Waals surface area (Å²) in [7, 11) is 0. The summed E-state index contributed by atoms with van der Waals surface area (Å²) in [5.41, 5.74) is -1.10. The van der Waals surface area contributed by atoms with Crippen LogP contribution in [0.5, 0.6) is 0 Å². The Labute approximate surface area is 108 Å². The first-order chi connectivity index (χ1) is 8.41. The highest BCUT2D eigenvalue weighted by Crippen LogP contribution is 2.34. The maximum Gasteiger partial charge on any atom is 0.295 e. The Morgan fingerprint density at radius 3 is 2.72 bits per heavy atom. The van der Waals surface area contributed by atoms with Crippen molar-refractivity contribution in [3.8, 4) is 0 Å². The van der Waals surface area contributed by atoms with Crippen molar-refractivity contribution in [1.29, 1.82) is 0 Å². The van der Waals surface area contributed by atoms with Gasteiger partial charge in [-0.25, -0.2) is 4.39 Å². The molecule has 0 spiro atoms. The maximum absolute atomic E-state index is 13.2. The van der Waals surface area contributed by atoms with Gasteiger partial charge in [-0.05, 0) is 25.3 Å².